The van der Waals surface area contributed by atoms with Crippen LogP contribution in [-0.4, -0.2) is 82.3 Å². The number of halogens is 2. The molecule has 3 aromatic rings. The Labute approximate surface area is 266 Å². The molecule has 5 aliphatic heterocycles. The highest BCUT2D eigenvalue weighted by Gasteiger charge is 2.53. The number of carbonyl (C=O) groups excluding carboxylic acids is 3. The first-order valence-electron chi connectivity index (χ1n) is 15.7. The van der Waals surface area contributed by atoms with Crippen LogP contribution in [0.1, 0.15) is 32.6 Å². The molecule has 1 N–H and O–H groups in total. The van der Waals surface area contributed by atoms with E-state index in [4.69, 9.17) is 4.74 Å². The second-order valence-electron chi connectivity index (χ2n) is 13.3. The number of fused-ring (bicyclic) bond motifs is 6. The number of hydrogen-bond acceptors (Lipinski definition) is 6. The quantitative estimate of drug-likeness (QED) is 0.330. The van der Waals surface area contributed by atoms with E-state index in [1.807, 2.05) is 24.3 Å². The third-order valence-electron chi connectivity index (χ3n) is 10.2. The molecule has 3 aromatic carbocycles. The number of ether oxygens (including phenoxy) is 1. The van der Waals surface area contributed by atoms with Gasteiger partial charge in [-0.15, -0.1) is 0 Å². The molecule has 8 nitrogen and oxygen atoms in total. The van der Waals surface area contributed by atoms with Crippen molar-refractivity contribution in [3.05, 3.63) is 94.6 Å². The molecule has 0 saturated carbocycles. The number of benzene rings is 3. The summed E-state index contributed by atoms with van der Waals surface area (Å²) < 4.78 is 34.6. The van der Waals surface area contributed by atoms with Gasteiger partial charge in [-0.25, -0.2) is 8.78 Å². The zero-order valence-corrected chi connectivity index (χ0v) is 26.7. The first kappa shape index (κ1) is 29.1. The Morgan fingerprint density at radius 3 is 1.96 bits per heavy atom. The van der Waals surface area contributed by atoms with Crippen molar-refractivity contribution in [1.82, 2.24) is 10.2 Å². The van der Waals surface area contributed by atoms with E-state index in [1.54, 1.807) is 6.07 Å². The van der Waals surface area contributed by atoms with Gasteiger partial charge in [-0.1, -0.05) is 31.3 Å². The summed E-state index contributed by atoms with van der Waals surface area (Å²) in [4.78, 5) is 42.4. The number of imide groups is 1. The molecule has 5 heterocycles. The van der Waals surface area contributed by atoms with Crippen LogP contribution in [0.5, 0.6) is 0 Å². The van der Waals surface area contributed by atoms with Crippen molar-refractivity contribution in [1.29, 1.82) is 0 Å². The van der Waals surface area contributed by atoms with Crippen LogP contribution in [0, 0.1) is 0 Å². The van der Waals surface area contributed by atoms with Crippen LogP contribution in [0.25, 0.3) is 0 Å². The fourth-order valence-electron chi connectivity index (χ4n) is 7.58. The normalized spacial score (nSPS) is 20.8. The zero-order valence-electron chi connectivity index (χ0n) is 25.7. The van der Waals surface area contributed by atoms with Gasteiger partial charge in [0.15, 0.2) is 0 Å². The molecule has 0 atom stereocenters. The number of amides is 3. The summed E-state index contributed by atoms with van der Waals surface area (Å²) in [5.74, 6) is -1.09. The number of nitrogens with one attached hydrogen (secondary N) is 1. The van der Waals surface area contributed by atoms with Crippen molar-refractivity contribution in [2.75, 3.05) is 49.1 Å². The molecule has 11 heteroatoms. The highest BCUT2D eigenvalue weighted by atomic mass is 28.3. The number of nitrogens with zero attached hydrogens (tertiary/aromatic N) is 3. The van der Waals surface area contributed by atoms with Gasteiger partial charge in [-0.3, -0.25) is 19.3 Å². The summed E-state index contributed by atoms with van der Waals surface area (Å²) in [6.45, 7) is 6.71. The predicted octanol–water partition coefficient (Wildman–Crippen LogP) is 2.62. The van der Waals surface area contributed by atoms with Crippen molar-refractivity contribution >= 4 is 47.5 Å². The summed E-state index contributed by atoms with van der Waals surface area (Å²) in [6.07, 6.45) is 0.800. The van der Waals surface area contributed by atoms with Gasteiger partial charge in [0.05, 0.1) is 32.8 Å². The molecule has 0 radical (unpaired) electrons. The third-order valence-corrected chi connectivity index (χ3v) is 13.8. The van der Waals surface area contributed by atoms with E-state index in [2.05, 4.69) is 52.5 Å². The van der Waals surface area contributed by atoms with Crippen LogP contribution in [0.4, 0.5) is 20.2 Å². The summed E-state index contributed by atoms with van der Waals surface area (Å²) in [7, 11) is -2.35. The van der Waals surface area contributed by atoms with E-state index >= 15 is 0 Å². The molecule has 1 spiro atoms. The number of anilines is 2. The maximum Gasteiger partial charge on any atom is 0.253 e. The minimum Gasteiger partial charge on any atom is -0.366 e. The lowest BCUT2D eigenvalue weighted by Crippen LogP contribution is -2.63. The molecule has 2 fully saturated rings. The highest BCUT2D eigenvalue weighted by Crippen LogP contribution is 2.50. The van der Waals surface area contributed by atoms with E-state index in [1.165, 1.54) is 22.5 Å². The zero-order chi connectivity index (χ0) is 32.0. The van der Waals surface area contributed by atoms with E-state index in [-0.39, 0.29) is 30.8 Å². The molecule has 236 valence electrons. The molecular weight excluding hydrogens is 606 g/mol. The van der Waals surface area contributed by atoms with Gasteiger partial charge in [-0.2, -0.15) is 0 Å². The number of rotatable bonds is 6. The van der Waals surface area contributed by atoms with E-state index in [9.17, 15) is 23.2 Å². The SMILES string of the molecule is C[Si]1(C)c2cc(N3CC(F)C3)ccc2C2(OCc3ccc(C(=O)NCCN4C(=O)C=CC4=O)cc32)c2ccc(N3CC(F)C3)cc21. The fraction of sp³-hybridized carbons (Fsp3) is 0.343. The average Bonchev–Trinajstić information content (AvgIpc) is 3.56. The van der Waals surface area contributed by atoms with Crippen molar-refractivity contribution in [3.63, 3.8) is 0 Å². The van der Waals surface area contributed by atoms with Crippen LogP contribution in [-0.2, 0) is 26.5 Å². The van der Waals surface area contributed by atoms with Gasteiger partial charge in [0.1, 0.15) is 26.0 Å². The molecule has 46 heavy (non-hydrogen) atoms. The van der Waals surface area contributed by atoms with Gasteiger partial charge < -0.3 is 19.9 Å². The van der Waals surface area contributed by atoms with Crippen LogP contribution >= 0.6 is 0 Å². The van der Waals surface area contributed by atoms with Crippen LogP contribution < -0.4 is 25.5 Å². The van der Waals surface area contributed by atoms with Crippen molar-refractivity contribution in [3.8, 4) is 0 Å². The largest absolute Gasteiger partial charge is 0.366 e. The molecular formula is C35H34F2N4O4Si. The lowest BCUT2D eigenvalue weighted by Gasteiger charge is -2.46. The minimum absolute atomic E-state index is 0.0832. The maximum atomic E-state index is 13.9. The van der Waals surface area contributed by atoms with E-state index in [0.717, 1.165) is 38.5 Å². The number of hydrogen-bond donors (Lipinski definition) is 1. The third kappa shape index (κ3) is 4.28. The summed E-state index contributed by atoms with van der Waals surface area (Å²) >= 11 is 0. The summed E-state index contributed by atoms with van der Waals surface area (Å²) in [5.41, 5.74) is 5.40. The van der Waals surface area contributed by atoms with Crippen LogP contribution in [0.15, 0.2) is 66.7 Å². The lowest BCUT2D eigenvalue weighted by molar-refractivity contribution is -0.136. The fourth-order valence-corrected chi connectivity index (χ4v) is 10.8. The molecule has 8 rings (SSSR count). The minimum atomic E-state index is -2.35. The predicted molar refractivity (Wildman–Crippen MR) is 173 cm³/mol. The molecule has 0 bridgehead atoms. The van der Waals surface area contributed by atoms with E-state index < -0.39 is 26.0 Å². The second kappa shape index (κ2) is 10.3. The van der Waals surface area contributed by atoms with Gasteiger partial charge >= 0.3 is 0 Å². The van der Waals surface area contributed by atoms with Crippen LogP contribution in [0.3, 0.4) is 0 Å². The second-order valence-corrected chi connectivity index (χ2v) is 17.7. The highest BCUT2D eigenvalue weighted by molar-refractivity contribution is 7.01. The molecule has 2 saturated heterocycles. The van der Waals surface area contributed by atoms with Crippen molar-refractivity contribution in [2.45, 2.75) is 37.6 Å². The smallest absolute Gasteiger partial charge is 0.253 e. The van der Waals surface area contributed by atoms with Crippen LogP contribution in [0.2, 0.25) is 13.1 Å². The van der Waals surface area contributed by atoms with Crippen molar-refractivity contribution in [2.24, 2.45) is 0 Å². The Hall–Kier alpha value is -4.35. The molecule has 0 aromatic heterocycles. The topological polar surface area (TPSA) is 82.2 Å². The van der Waals surface area contributed by atoms with Gasteiger partial charge in [-0.05, 0) is 69.0 Å². The summed E-state index contributed by atoms with van der Waals surface area (Å²) in [5, 5.41) is 5.24. The molecule has 0 aliphatic carbocycles. The average molecular weight is 641 g/mol. The maximum absolute atomic E-state index is 13.9. The van der Waals surface area contributed by atoms with Gasteiger partial charge in [0.2, 0.25) is 0 Å². The Kier molecular flexibility index (Phi) is 6.53. The Morgan fingerprint density at radius 1 is 0.848 bits per heavy atom. The monoisotopic (exact) mass is 640 g/mol. The first-order chi connectivity index (χ1) is 22.1. The standard InChI is InChI=1S/C35H34F2N4O4Si/c1-46(2)30-14-25(39-16-23(36)17-39)5-7-27(30)35(28-8-6-26(15-31(28)46)40-18-24(37)19-40)29-13-21(3-4-22(29)20-45-35)34(44)38-11-12-41-32(42)9-10-33(41)43/h3-10,13-15,23-24H,11-12,16-20H2,1-2H3,(H,38,44). The Balaban J connectivity index is 1.20. The first-order valence-corrected chi connectivity index (χ1v) is 18.7. The molecule has 3 amide bonds. The Morgan fingerprint density at radius 2 is 1.41 bits per heavy atom. The number of alkyl halides is 2. The molecule has 5 aliphatic rings. The summed E-state index contributed by atoms with van der Waals surface area (Å²) in [6, 6.07) is 18.3. The van der Waals surface area contributed by atoms with Gasteiger partial charge in [0, 0.05) is 42.2 Å². The van der Waals surface area contributed by atoms with E-state index in [0.29, 0.717) is 38.3 Å². The molecule has 0 unspecified atom stereocenters. The Bertz CT molecular complexity index is 1760. The van der Waals surface area contributed by atoms with Gasteiger partial charge in [0.25, 0.3) is 17.7 Å². The van der Waals surface area contributed by atoms with Crippen molar-refractivity contribution < 1.29 is 27.9 Å². The number of carbonyl (C=O) groups is 3. The lowest BCUT2D eigenvalue weighted by atomic mass is 9.78.